The molecule has 4 heteroatoms. The van der Waals surface area contributed by atoms with Crippen LogP contribution in [0.1, 0.15) is 11.1 Å². The van der Waals surface area contributed by atoms with Crippen molar-refractivity contribution < 1.29 is 14.0 Å². The van der Waals surface area contributed by atoms with Gasteiger partial charge in [-0.15, -0.1) is 0 Å². The van der Waals surface area contributed by atoms with Gasteiger partial charge in [0.25, 0.3) is 0 Å². The van der Waals surface area contributed by atoms with E-state index in [1.54, 1.807) is 0 Å². The van der Waals surface area contributed by atoms with Crippen LogP contribution < -0.4 is 0 Å². The molecule has 2 heterocycles. The number of nitrogens with zero attached hydrogens (tertiary/aromatic N) is 1. The van der Waals surface area contributed by atoms with Crippen molar-refractivity contribution in [3.63, 3.8) is 0 Å². The first-order valence-corrected chi connectivity index (χ1v) is 8.28. The zero-order valence-corrected chi connectivity index (χ0v) is 13.7. The molecule has 3 aromatic carbocycles. The van der Waals surface area contributed by atoms with Gasteiger partial charge in [0.2, 0.25) is 0 Å². The fourth-order valence-electron chi connectivity index (χ4n) is 3.21. The lowest BCUT2D eigenvalue weighted by Gasteiger charge is -2.01. The molecular weight excluding hydrogens is 326 g/mol. The lowest BCUT2D eigenvalue weighted by Crippen LogP contribution is -2.06. The van der Waals surface area contributed by atoms with Crippen LogP contribution in [0.15, 0.2) is 87.9 Å². The third-order valence-electron chi connectivity index (χ3n) is 4.45. The Labute approximate surface area is 149 Å². The van der Waals surface area contributed by atoms with Crippen molar-refractivity contribution in [3.05, 3.63) is 89.5 Å². The van der Waals surface area contributed by atoms with Crippen LogP contribution in [0.25, 0.3) is 28.0 Å². The number of oxime groups is 1. The number of fused-ring (bicyclic) bond motifs is 3. The van der Waals surface area contributed by atoms with Gasteiger partial charge in [0.1, 0.15) is 16.9 Å². The van der Waals surface area contributed by atoms with Crippen molar-refractivity contribution in [2.45, 2.75) is 0 Å². The summed E-state index contributed by atoms with van der Waals surface area (Å²) in [5.41, 5.74) is 4.40. The molecule has 26 heavy (non-hydrogen) atoms. The van der Waals surface area contributed by atoms with Gasteiger partial charge in [0, 0.05) is 16.3 Å². The second-order valence-corrected chi connectivity index (χ2v) is 6.10. The van der Waals surface area contributed by atoms with E-state index in [1.807, 2.05) is 78.9 Å². The van der Waals surface area contributed by atoms with Crippen LogP contribution in [-0.2, 0) is 9.63 Å². The fourth-order valence-corrected chi connectivity index (χ4v) is 3.21. The molecule has 1 aliphatic rings. The molecule has 5 rings (SSSR count). The maximum absolute atomic E-state index is 12.2. The van der Waals surface area contributed by atoms with Gasteiger partial charge < -0.3 is 9.25 Å². The number of benzene rings is 3. The number of hydrogen-bond donors (Lipinski definition) is 0. The Bertz CT molecular complexity index is 1220. The van der Waals surface area contributed by atoms with Gasteiger partial charge in [-0.05, 0) is 29.8 Å². The van der Waals surface area contributed by atoms with Gasteiger partial charge in [-0.3, -0.25) is 0 Å². The van der Waals surface area contributed by atoms with Crippen LogP contribution in [0.2, 0.25) is 0 Å². The summed E-state index contributed by atoms with van der Waals surface area (Å²) in [6.07, 6.45) is 1.81. The molecule has 0 atom stereocenters. The maximum Gasteiger partial charge on any atom is 0.368 e. The molecule has 4 aromatic rings. The summed E-state index contributed by atoms with van der Waals surface area (Å²) < 4.78 is 5.85. The van der Waals surface area contributed by atoms with E-state index >= 15 is 0 Å². The second kappa shape index (κ2) is 5.70. The molecular formula is C22H13NO3. The molecule has 0 spiro atoms. The average molecular weight is 339 g/mol. The van der Waals surface area contributed by atoms with E-state index in [2.05, 4.69) is 5.16 Å². The number of hydrogen-bond acceptors (Lipinski definition) is 4. The van der Waals surface area contributed by atoms with Gasteiger partial charge in [0.05, 0.1) is 5.57 Å². The summed E-state index contributed by atoms with van der Waals surface area (Å²) in [4.78, 5) is 17.1. The van der Waals surface area contributed by atoms with Crippen LogP contribution in [0.4, 0.5) is 0 Å². The summed E-state index contributed by atoms with van der Waals surface area (Å²) >= 11 is 0. The first-order chi connectivity index (χ1) is 12.8. The average Bonchev–Trinajstić information content (AvgIpc) is 3.23. The van der Waals surface area contributed by atoms with E-state index in [0.29, 0.717) is 11.3 Å². The Kier molecular flexibility index (Phi) is 3.22. The molecule has 124 valence electrons. The molecule has 0 saturated heterocycles. The lowest BCUT2D eigenvalue weighted by atomic mass is 10.00. The highest BCUT2D eigenvalue weighted by molar-refractivity contribution is 6.31. The van der Waals surface area contributed by atoms with E-state index in [1.165, 1.54) is 0 Å². The normalized spacial score (nSPS) is 15.6. The van der Waals surface area contributed by atoms with Crippen LogP contribution in [0, 0.1) is 0 Å². The maximum atomic E-state index is 12.2. The van der Waals surface area contributed by atoms with Gasteiger partial charge >= 0.3 is 5.97 Å². The van der Waals surface area contributed by atoms with Crippen LogP contribution in [0.5, 0.6) is 0 Å². The predicted octanol–water partition coefficient (Wildman–Crippen LogP) is 4.93. The van der Waals surface area contributed by atoms with Crippen molar-refractivity contribution in [2.24, 2.45) is 5.16 Å². The Morgan fingerprint density at radius 2 is 1.58 bits per heavy atom. The molecule has 0 bridgehead atoms. The Balaban J connectivity index is 1.64. The minimum absolute atomic E-state index is 0.444. The van der Waals surface area contributed by atoms with E-state index in [-0.39, 0.29) is 0 Å². The molecule has 4 nitrogen and oxygen atoms in total. The highest BCUT2D eigenvalue weighted by Crippen LogP contribution is 2.30. The van der Waals surface area contributed by atoms with Crippen molar-refractivity contribution >= 4 is 39.7 Å². The van der Waals surface area contributed by atoms with Crippen molar-refractivity contribution in [1.82, 2.24) is 0 Å². The molecule has 0 N–H and O–H groups in total. The summed E-state index contributed by atoms with van der Waals surface area (Å²) in [5, 5.41) is 6.01. The van der Waals surface area contributed by atoms with Crippen LogP contribution in [0.3, 0.4) is 0 Å². The number of para-hydroxylation sites is 1. The van der Waals surface area contributed by atoms with Crippen LogP contribution >= 0.6 is 0 Å². The van der Waals surface area contributed by atoms with Gasteiger partial charge in [-0.2, -0.15) is 0 Å². The molecule has 0 amide bonds. The van der Waals surface area contributed by atoms with E-state index in [0.717, 1.165) is 33.1 Å². The molecule has 0 fully saturated rings. The quantitative estimate of drug-likeness (QED) is 0.384. The Hall–Kier alpha value is -3.66. The Morgan fingerprint density at radius 1 is 0.808 bits per heavy atom. The molecule has 0 unspecified atom stereocenters. The standard InChI is InChI=1S/C22H13NO3/c24-22-18(21(23-26-22)15-6-2-1-3-7-15)13-14-10-11-20-17(12-14)16-8-4-5-9-19(16)25-20/h1-13H/b18-13-. The SMILES string of the molecule is O=C1ON=C(c2ccccc2)/C1=C/c1ccc2oc3ccccc3c2c1. The van der Waals surface area contributed by atoms with E-state index in [9.17, 15) is 4.79 Å². The number of carbonyl (C=O) groups is 1. The summed E-state index contributed by atoms with van der Waals surface area (Å²) in [6.45, 7) is 0. The van der Waals surface area contributed by atoms with Crippen molar-refractivity contribution in [2.75, 3.05) is 0 Å². The lowest BCUT2D eigenvalue weighted by molar-refractivity contribution is -0.136. The van der Waals surface area contributed by atoms with Crippen LogP contribution in [-0.4, -0.2) is 11.7 Å². The first-order valence-electron chi connectivity index (χ1n) is 8.28. The van der Waals surface area contributed by atoms with E-state index in [4.69, 9.17) is 9.25 Å². The largest absolute Gasteiger partial charge is 0.456 e. The summed E-state index contributed by atoms with van der Waals surface area (Å²) in [7, 11) is 0. The minimum Gasteiger partial charge on any atom is -0.456 e. The topological polar surface area (TPSA) is 51.8 Å². The minimum atomic E-state index is -0.444. The molecule has 1 aromatic heterocycles. The zero-order valence-electron chi connectivity index (χ0n) is 13.7. The van der Waals surface area contributed by atoms with Crippen molar-refractivity contribution in [3.8, 4) is 0 Å². The fraction of sp³-hybridized carbons (Fsp3) is 0. The third-order valence-corrected chi connectivity index (χ3v) is 4.45. The van der Waals surface area contributed by atoms with Gasteiger partial charge in [0.15, 0.2) is 0 Å². The summed E-state index contributed by atoms with van der Waals surface area (Å²) in [6, 6.07) is 23.3. The van der Waals surface area contributed by atoms with Crippen molar-refractivity contribution in [1.29, 1.82) is 0 Å². The number of furan rings is 1. The highest BCUT2D eigenvalue weighted by atomic mass is 16.7. The molecule has 0 aliphatic carbocycles. The third kappa shape index (κ3) is 2.31. The highest BCUT2D eigenvalue weighted by Gasteiger charge is 2.26. The van der Waals surface area contributed by atoms with Gasteiger partial charge in [-0.25, -0.2) is 4.79 Å². The Morgan fingerprint density at radius 3 is 2.46 bits per heavy atom. The zero-order chi connectivity index (χ0) is 17.5. The number of carbonyl (C=O) groups excluding carboxylic acids is 1. The second-order valence-electron chi connectivity index (χ2n) is 6.10. The van der Waals surface area contributed by atoms with E-state index < -0.39 is 5.97 Å². The predicted molar refractivity (Wildman–Crippen MR) is 101 cm³/mol. The molecule has 0 radical (unpaired) electrons. The molecule has 1 aliphatic heterocycles. The monoisotopic (exact) mass is 339 g/mol. The number of rotatable bonds is 2. The van der Waals surface area contributed by atoms with Gasteiger partial charge in [-0.1, -0.05) is 59.8 Å². The summed E-state index contributed by atoms with van der Waals surface area (Å²) in [5.74, 6) is -0.444. The first kappa shape index (κ1) is 14.7. The smallest absolute Gasteiger partial charge is 0.368 e. The molecule has 0 saturated carbocycles.